The van der Waals surface area contributed by atoms with Gasteiger partial charge in [0.25, 0.3) is 0 Å². The maximum Gasteiger partial charge on any atom is 0.171 e. The Morgan fingerprint density at radius 3 is 2.14 bits per heavy atom. The fraction of sp³-hybridized carbons (Fsp3) is 0.400. The summed E-state index contributed by atoms with van der Waals surface area (Å²) in [4.78, 5) is 0. The lowest BCUT2D eigenvalue weighted by Gasteiger charge is -1.92. The molecule has 41 valence electrons. The summed E-state index contributed by atoms with van der Waals surface area (Å²) in [5.74, 6) is 0. The van der Waals surface area contributed by atoms with Crippen molar-refractivity contribution in [1.82, 2.24) is 0 Å². The van der Waals surface area contributed by atoms with Crippen LogP contribution in [0.4, 0.5) is 0 Å². The Balaban J connectivity index is 3.45. The zero-order valence-electron chi connectivity index (χ0n) is 4.26. The predicted molar refractivity (Wildman–Crippen MR) is 27.3 cm³/mol. The highest BCUT2D eigenvalue weighted by Gasteiger charge is 1.85. The van der Waals surface area contributed by atoms with Gasteiger partial charge in [0, 0.05) is 0 Å². The smallest absolute Gasteiger partial charge is 0.171 e. The third-order valence-electron chi connectivity index (χ3n) is 0.434. The summed E-state index contributed by atoms with van der Waals surface area (Å²) in [6.07, 6.45) is -0.0995. The Labute approximate surface area is 43.1 Å². The summed E-state index contributed by atoms with van der Waals surface area (Å²) in [5, 5.41) is 16.3. The van der Waals surface area contributed by atoms with Crippen LogP contribution >= 0.6 is 0 Å². The lowest BCUT2D eigenvalue weighted by Crippen LogP contribution is -1.98. The molecule has 0 saturated carbocycles. The van der Waals surface area contributed by atoms with Gasteiger partial charge in [-0.25, -0.2) is 0 Å². The molecule has 0 aliphatic carbocycles. The number of aliphatic hydroxyl groups excluding tert-OH is 1. The monoisotopic (exact) mass is 101 g/mol. The molecule has 0 heterocycles. The zero-order chi connectivity index (χ0) is 5.86. The molecule has 0 aromatic heterocycles. The van der Waals surface area contributed by atoms with Crippen LogP contribution in [0, 0.1) is 6.92 Å². The van der Waals surface area contributed by atoms with E-state index in [1.165, 1.54) is 6.08 Å². The van der Waals surface area contributed by atoms with Gasteiger partial charge in [-0.15, -0.1) is 0 Å². The Kier molecular flexibility index (Phi) is 2.64. The topological polar surface area (TPSA) is 40.5 Å². The third kappa shape index (κ3) is 5.66. The van der Waals surface area contributed by atoms with Gasteiger partial charge in [-0.1, -0.05) is 5.57 Å². The number of allylic oxidation sites excluding steroid dienone is 1. The van der Waals surface area contributed by atoms with Crippen molar-refractivity contribution >= 4 is 0 Å². The van der Waals surface area contributed by atoms with E-state index in [0.717, 1.165) is 0 Å². The molecule has 1 radical (unpaired) electrons. The van der Waals surface area contributed by atoms with Gasteiger partial charge in [-0.2, -0.15) is 0 Å². The van der Waals surface area contributed by atoms with E-state index in [4.69, 9.17) is 10.2 Å². The maximum atomic E-state index is 8.16. The lowest BCUT2D eigenvalue weighted by molar-refractivity contribution is 0.00191. The molecule has 0 aromatic rings. The summed E-state index contributed by atoms with van der Waals surface area (Å²) in [7, 11) is 0. The molecule has 0 spiro atoms. The zero-order valence-corrected chi connectivity index (χ0v) is 4.26. The molecular weight excluding hydrogens is 92.1 g/mol. The summed E-state index contributed by atoms with van der Waals surface area (Å²) in [6, 6.07) is 0. The molecule has 0 aromatic carbocycles. The average Bonchev–Trinajstić information content (AvgIpc) is 1.27. The first-order chi connectivity index (χ1) is 3.13. The van der Waals surface area contributed by atoms with Gasteiger partial charge < -0.3 is 10.2 Å². The molecule has 7 heavy (non-hydrogen) atoms. The molecule has 2 heteroatoms. The quantitative estimate of drug-likeness (QED) is 0.459. The minimum Gasteiger partial charge on any atom is -0.365 e. The molecule has 0 aliphatic heterocycles. The second-order valence-electron chi connectivity index (χ2n) is 1.43. The standard InChI is InChI=1S/C5H9O2/c1-4(2)3-5(6)7/h3,5-7H,1H2,2H3. The molecule has 0 aliphatic rings. The van der Waals surface area contributed by atoms with Crippen LogP contribution in [0.15, 0.2) is 11.6 Å². The average molecular weight is 101 g/mol. The first kappa shape index (κ1) is 6.66. The van der Waals surface area contributed by atoms with E-state index in [2.05, 4.69) is 6.92 Å². The Bertz CT molecular complexity index is 70.1. The van der Waals surface area contributed by atoms with Crippen molar-refractivity contribution in [2.75, 3.05) is 0 Å². The Morgan fingerprint density at radius 2 is 2.14 bits per heavy atom. The Morgan fingerprint density at radius 1 is 1.71 bits per heavy atom. The summed E-state index contributed by atoms with van der Waals surface area (Å²) >= 11 is 0. The molecule has 0 bridgehead atoms. The molecular formula is C5H9O2. The van der Waals surface area contributed by atoms with Gasteiger partial charge in [0.15, 0.2) is 6.29 Å². The lowest BCUT2D eigenvalue weighted by atomic mass is 10.3. The minimum absolute atomic E-state index is 0.662. The number of hydrogen-bond acceptors (Lipinski definition) is 2. The van der Waals surface area contributed by atoms with Crippen LogP contribution in [-0.2, 0) is 0 Å². The van der Waals surface area contributed by atoms with Gasteiger partial charge in [0.05, 0.1) is 0 Å². The molecule has 0 rings (SSSR count). The van der Waals surface area contributed by atoms with Crippen molar-refractivity contribution < 1.29 is 10.2 Å². The van der Waals surface area contributed by atoms with Gasteiger partial charge in [0.2, 0.25) is 0 Å². The fourth-order valence-corrected chi connectivity index (χ4v) is 0.254. The molecule has 0 atom stereocenters. The van der Waals surface area contributed by atoms with E-state index in [1.807, 2.05) is 0 Å². The summed E-state index contributed by atoms with van der Waals surface area (Å²) < 4.78 is 0. The normalized spacial score (nSPS) is 13.0. The van der Waals surface area contributed by atoms with Crippen LogP contribution in [0.25, 0.3) is 0 Å². The van der Waals surface area contributed by atoms with Crippen molar-refractivity contribution in [1.29, 1.82) is 0 Å². The van der Waals surface area contributed by atoms with Crippen LogP contribution in [0.2, 0.25) is 0 Å². The van der Waals surface area contributed by atoms with Gasteiger partial charge in [0.1, 0.15) is 0 Å². The van der Waals surface area contributed by atoms with E-state index < -0.39 is 6.29 Å². The summed E-state index contributed by atoms with van der Waals surface area (Å²) in [5.41, 5.74) is 0.662. The second-order valence-corrected chi connectivity index (χ2v) is 1.43. The SMILES string of the molecule is [CH2]C(C)=CC(O)O. The number of hydrogen-bond donors (Lipinski definition) is 2. The van der Waals surface area contributed by atoms with Crippen molar-refractivity contribution in [3.05, 3.63) is 18.6 Å². The van der Waals surface area contributed by atoms with E-state index in [1.54, 1.807) is 6.92 Å². The van der Waals surface area contributed by atoms with Gasteiger partial charge in [-0.3, -0.25) is 0 Å². The molecule has 0 saturated heterocycles. The van der Waals surface area contributed by atoms with Crippen LogP contribution in [0.1, 0.15) is 6.92 Å². The Hall–Kier alpha value is -0.340. The highest BCUT2D eigenvalue weighted by atomic mass is 16.5. The second kappa shape index (κ2) is 2.77. The van der Waals surface area contributed by atoms with Crippen molar-refractivity contribution in [3.8, 4) is 0 Å². The van der Waals surface area contributed by atoms with E-state index in [9.17, 15) is 0 Å². The molecule has 0 fully saturated rings. The highest BCUT2D eigenvalue weighted by Crippen LogP contribution is 1.88. The number of rotatable bonds is 1. The van der Waals surface area contributed by atoms with Crippen molar-refractivity contribution in [3.63, 3.8) is 0 Å². The molecule has 0 amide bonds. The van der Waals surface area contributed by atoms with Crippen LogP contribution in [-0.4, -0.2) is 16.5 Å². The first-order valence-electron chi connectivity index (χ1n) is 1.99. The van der Waals surface area contributed by atoms with Crippen molar-refractivity contribution in [2.24, 2.45) is 0 Å². The molecule has 2 nitrogen and oxygen atoms in total. The van der Waals surface area contributed by atoms with E-state index >= 15 is 0 Å². The first-order valence-corrected chi connectivity index (χ1v) is 1.99. The van der Waals surface area contributed by atoms with Crippen LogP contribution in [0.3, 0.4) is 0 Å². The highest BCUT2D eigenvalue weighted by molar-refractivity contribution is 5.01. The fourth-order valence-electron chi connectivity index (χ4n) is 0.254. The van der Waals surface area contributed by atoms with E-state index in [-0.39, 0.29) is 0 Å². The van der Waals surface area contributed by atoms with Crippen LogP contribution < -0.4 is 0 Å². The number of aliphatic hydroxyl groups is 2. The van der Waals surface area contributed by atoms with E-state index in [0.29, 0.717) is 5.57 Å². The van der Waals surface area contributed by atoms with Gasteiger partial charge in [-0.05, 0) is 19.9 Å². The molecule has 0 unspecified atom stereocenters. The van der Waals surface area contributed by atoms with Gasteiger partial charge >= 0.3 is 0 Å². The van der Waals surface area contributed by atoms with Crippen LogP contribution in [0.5, 0.6) is 0 Å². The largest absolute Gasteiger partial charge is 0.365 e. The van der Waals surface area contributed by atoms with Crippen molar-refractivity contribution in [2.45, 2.75) is 13.2 Å². The summed E-state index contributed by atoms with van der Waals surface area (Å²) in [6.45, 7) is 5.11. The predicted octanol–water partition coefficient (Wildman–Crippen LogP) is 0.0775. The maximum absolute atomic E-state index is 8.16. The third-order valence-corrected chi connectivity index (χ3v) is 0.434. The minimum atomic E-state index is -1.35. The molecule has 2 N–H and O–H groups in total.